The maximum atomic E-state index is 12.0. The number of nitrogens with zero attached hydrogens (tertiary/aromatic N) is 4. The van der Waals surface area contributed by atoms with Gasteiger partial charge in [0.25, 0.3) is 0 Å². The number of guanidine groups is 1. The van der Waals surface area contributed by atoms with Gasteiger partial charge in [0.2, 0.25) is 0 Å². The van der Waals surface area contributed by atoms with Gasteiger partial charge in [-0.05, 0) is 25.5 Å². The number of piperazine rings is 1. The van der Waals surface area contributed by atoms with Gasteiger partial charge in [0.1, 0.15) is 5.76 Å². The second kappa shape index (κ2) is 12.4. The van der Waals surface area contributed by atoms with Gasteiger partial charge < -0.3 is 29.0 Å². The number of nitrogens with one attached hydrogen (secondary N) is 1. The van der Waals surface area contributed by atoms with Crippen LogP contribution in [0.2, 0.25) is 0 Å². The van der Waals surface area contributed by atoms with Crippen molar-refractivity contribution in [2.24, 2.45) is 4.99 Å². The summed E-state index contributed by atoms with van der Waals surface area (Å²) in [5, 5.41) is 3.48. The Morgan fingerprint density at radius 1 is 1.17 bits per heavy atom. The van der Waals surface area contributed by atoms with Gasteiger partial charge in [0.05, 0.1) is 26.1 Å². The lowest BCUT2D eigenvalue weighted by Gasteiger charge is -2.36. The summed E-state index contributed by atoms with van der Waals surface area (Å²) in [6.07, 6.45) is 3.30. The van der Waals surface area contributed by atoms with E-state index in [2.05, 4.69) is 15.1 Å². The first-order valence-electron chi connectivity index (χ1n) is 11.0. The standard InChI is InChI=1S/C21H35N5O4/c1-2-29-21(27)26-12-10-25(11-13-26)20(23-8-6-19-5-3-16-30-19)22-7-4-9-24-14-17-28-18-15-24/h3,5,16H,2,4,6-15,17-18H2,1H3,(H,22,23). The summed E-state index contributed by atoms with van der Waals surface area (Å²) < 4.78 is 16.0. The van der Waals surface area contributed by atoms with Crippen molar-refractivity contribution in [3.63, 3.8) is 0 Å². The quantitative estimate of drug-likeness (QED) is 0.384. The van der Waals surface area contributed by atoms with Crippen molar-refractivity contribution in [2.45, 2.75) is 19.8 Å². The van der Waals surface area contributed by atoms with Crippen LogP contribution in [0.15, 0.2) is 27.8 Å². The molecule has 1 aromatic rings. The van der Waals surface area contributed by atoms with Crippen LogP contribution in [0.25, 0.3) is 0 Å². The molecule has 0 radical (unpaired) electrons. The lowest BCUT2D eigenvalue weighted by Crippen LogP contribution is -2.54. The van der Waals surface area contributed by atoms with Gasteiger partial charge in [-0.2, -0.15) is 0 Å². The molecule has 2 aliphatic rings. The molecule has 0 unspecified atom stereocenters. The number of amides is 1. The van der Waals surface area contributed by atoms with Crippen LogP contribution in [0.4, 0.5) is 4.79 Å². The number of hydrogen-bond acceptors (Lipinski definition) is 6. The van der Waals surface area contributed by atoms with Crippen LogP contribution in [0.1, 0.15) is 19.1 Å². The molecule has 0 aromatic carbocycles. The Balaban J connectivity index is 1.48. The van der Waals surface area contributed by atoms with Crippen molar-refractivity contribution in [1.29, 1.82) is 0 Å². The molecule has 3 heterocycles. The minimum atomic E-state index is -0.230. The second-order valence-electron chi connectivity index (χ2n) is 7.44. The molecule has 2 fully saturated rings. The van der Waals surface area contributed by atoms with Gasteiger partial charge in [-0.15, -0.1) is 0 Å². The van der Waals surface area contributed by atoms with E-state index in [1.54, 1.807) is 11.2 Å². The molecule has 0 aliphatic carbocycles. The maximum Gasteiger partial charge on any atom is 0.409 e. The average molecular weight is 422 g/mol. The molecule has 9 heteroatoms. The Labute approximate surface area is 179 Å². The Kier molecular flexibility index (Phi) is 9.30. The summed E-state index contributed by atoms with van der Waals surface area (Å²) in [7, 11) is 0. The van der Waals surface area contributed by atoms with Crippen LogP contribution >= 0.6 is 0 Å². The first kappa shape index (κ1) is 22.4. The minimum absolute atomic E-state index is 0.230. The van der Waals surface area contributed by atoms with E-state index in [1.165, 1.54) is 0 Å². The van der Waals surface area contributed by atoms with Crippen LogP contribution in [0.5, 0.6) is 0 Å². The molecule has 0 spiro atoms. The highest BCUT2D eigenvalue weighted by atomic mass is 16.6. The minimum Gasteiger partial charge on any atom is -0.469 e. The molecule has 1 N–H and O–H groups in total. The fourth-order valence-electron chi connectivity index (χ4n) is 3.64. The van der Waals surface area contributed by atoms with Gasteiger partial charge in [-0.25, -0.2) is 4.79 Å². The fourth-order valence-corrected chi connectivity index (χ4v) is 3.64. The molecule has 168 valence electrons. The van der Waals surface area contributed by atoms with Crippen LogP contribution in [-0.4, -0.2) is 105 Å². The second-order valence-corrected chi connectivity index (χ2v) is 7.44. The lowest BCUT2D eigenvalue weighted by molar-refractivity contribution is 0.0377. The highest BCUT2D eigenvalue weighted by molar-refractivity contribution is 5.80. The Bertz CT molecular complexity index is 638. The van der Waals surface area contributed by atoms with Crippen LogP contribution < -0.4 is 5.32 Å². The van der Waals surface area contributed by atoms with E-state index in [4.69, 9.17) is 18.9 Å². The Hall–Kier alpha value is -2.26. The van der Waals surface area contributed by atoms with Crippen LogP contribution in [0.3, 0.4) is 0 Å². The molecule has 2 aliphatic heterocycles. The molecule has 0 atom stereocenters. The summed E-state index contributed by atoms with van der Waals surface area (Å²) in [4.78, 5) is 23.2. The number of morpholine rings is 1. The van der Waals surface area contributed by atoms with E-state index in [0.717, 1.165) is 83.6 Å². The molecule has 3 rings (SSSR count). The number of hydrogen-bond donors (Lipinski definition) is 1. The predicted molar refractivity (Wildman–Crippen MR) is 115 cm³/mol. The number of ether oxygens (including phenoxy) is 2. The lowest BCUT2D eigenvalue weighted by atomic mass is 10.3. The van der Waals surface area contributed by atoms with Crippen LogP contribution in [0, 0.1) is 0 Å². The van der Waals surface area contributed by atoms with Gasteiger partial charge in [0, 0.05) is 65.3 Å². The Morgan fingerprint density at radius 2 is 1.93 bits per heavy atom. The topological polar surface area (TPSA) is 82.8 Å². The largest absolute Gasteiger partial charge is 0.469 e. The number of rotatable bonds is 8. The number of carbonyl (C=O) groups excluding carboxylic acids is 1. The van der Waals surface area contributed by atoms with Crippen molar-refractivity contribution in [1.82, 2.24) is 20.0 Å². The summed E-state index contributed by atoms with van der Waals surface area (Å²) >= 11 is 0. The first-order chi connectivity index (χ1) is 14.8. The third-order valence-electron chi connectivity index (χ3n) is 5.34. The predicted octanol–water partition coefficient (Wildman–Crippen LogP) is 1.26. The van der Waals surface area contributed by atoms with Crippen molar-refractivity contribution in [3.05, 3.63) is 24.2 Å². The van der Waals surface area contributed by atoms with E-state index in [9.17, 15) is 4.79 Å². The summed E-state index contributed by atoms with van der Waals surface area (Å²) in [6.45, 7) is 11.3. The third-order valence-corrected chi connectivity index (χ3v) is 5.34. The maximum absolute atomic E-state index is 12.0. The van der Waals surface area contributed by atoms with E-state index in [1.807, 2.05) is 19.1 Å². The Morgan fingerprint density at radius 3 is 2.63 bits per heavy atom. The summed E-state index contributed by atoms with van der Waals surface area (Å²) in [5.41, 5.74) is 0. The molecule has 0 bridgehead atoms. The third kappa shape index (κ3) is 7.21. The molecule has 1 amide bonds. The van der Waals surface area contributed by atoms with Crippen molar-refractivity contribution >= 4 is 12.1 Å². The zero-order valence-electron chi connectivity index (χ0n) is 18.1. The molecule has 9 nitrogen and oxygen atoms in total. The molecular weight excluding hydrogens is 386 g/mol. The molecule has 0 saturated carbocycles. The fraction of sp³-hybridized carbons (Fsp3) is 0.714. The summed E-state index contributed by atoms with van der Waals surface area (Å²) in [5.74, 6) is 1.87. The zero-order valence-corrected chi connectivity index (χ0v) is 18.1. The van der Waals surface area contributed by atoms with E-state index in [-0.39, 0.29) is 6.09 Å². The average Bonchev–Trinajstić information content (AvgIpc) is 3.30. The normalized spacial score (nSPS) is 18.5. The smallest absolute Gasteiger partial charge is 0.409 e. The number of carbonyl (C=O) groups is 1. The number of aliphatic imine (C=N–C) groups is 1. The van der Waals surface area contributed by atoms with Crippen molar-refractivity contribution in [3.8, 4) is 0 Å². The molecule has 30 heavy (non-hydrogen) atoms. The summed E-state index contributed by atoms with van der Waals surface area (Å²) in [6, 6.07) is 3.89. The van der Waals surface area contributed by atoms with Gasteiger partial charge in [-0.1, -0.05) is 0 Å². The van der Waals surface area contributed by atoms with Crippen molar-refractivity contribution in [2.75, 3.05) is 78.7 Å². The highest BCUT2D eigenvalue weighted by Gasteiger charge is 2.23. The zero-order chi connectivity index (χ0) is 21.0. The van der Waals surface area contributed by atoms with E-state index < -0.39 is 0 Å². The van der Waals surface area contributed by atoms with E-state index >= 15 is 0 Å². The van der Waals surface area contributed by atoms with Crippen LogP contribution in [-0.2, 0) is 15.9 Å². The SMILES string of the molecule is CCOC(=O)N1CCN(C(=NCCCN2CCOCC2)NCCc2ccco2)CC1. The molecular formula is C21H35N5O4. The van der Waals surface area contributed by atoms with Gasteiger partial charge >= 0.3 is 6.09 Å². The van der Waals surface area contributed by atoms with Gasteiger partial charge in [0.15, 0.2) is 5.96 Å². The number of furan rings is 1. The molecule has 1 aromatic heterocycles. The highest BCUT2D eigenvalue weighted by Crippen LogP contribution is 2.06. The monoisotopic (exact) mass is 421 g/mol. The van der Waals surface area contributed by atoms with E-state index in [0.29, 0.717) is 19.7 Å². The first-order valence-corrected chi connectivity index (χ1v) is 11.0. The van der Waals surface area contributed by atoms with Gasteiger partial charge in [-0.3, -0.25) is 9.89 Å². The van der Waals surface area contributed by atoms with Crippen molar-refractivity contribution < 1.29 is 18.7 Å². The molecule has 2 saturated heterocycles.